The molecule has 0 aliphatic rings. The van der Waals surface area contributed by atoms with E-state index in [1.807, 2.05) is 30.5 Å². The molecule has 20 heavy (non-hydrogen) atoms. The first-order valence-corrected chi connectivity index (χ1v) is 7.66. The predicted molar refractivity (Wildman–Crippen MR) is 81.1 cm³/mol. The van der Waals surface area contributed by atoms with Gasteiger partial charge in [-0.25, -0.2) is 0 Å². The average Bonchev–Trinajstić information content (AvgIpc) is 2.98. The highest BCUT2D eigenvalue weighted by molar-refractivity contribution is 7.98. The molecular weight excluding hydrogens is 274 g/mol. The molecule has 1 aromatic carbocycles. The molecule has 4 nitrogen and oxygen atoms in total. The van der Waals surface area contributed by atoms with E-state index in [2.05, 4.69) is 17.4 Å². The molecule has 1 atom stereocenters. The van der Waals surface area contributed by atoms with Crippen molar-refractivity contribution >= 4 is 17.4 Å². The van der Waals surface area contributed by atoms with Gasteiger partial charge in [-0.2, -0.15) is 0 Å². The minimum absolute atomic E-state index is 0.274. The van der Waals surface area contributed by atoms with Gasteiger partial charge in [0.25, 0.3) is 0 Å². The van der Waals surface area contributed by atoms with Gasteiger partial charge in [0.15, 0.2) is 0 Å². The van der Waals surface area contributed by atoms with E-state index in [1.54, 1.807) is 18.0 Å². The molecule has 0 aliphatic carbocycles. The fourth-order valence-electron chi connectivity index (χ4n) is 1.72. The topological polar surface area (TPSA) is 54.6 Å². The third kappa shape index (κ3) is 4.92. The Bertz CT molecular complexity index is 502. The van der Waals surface area contributed by atoms with Crippen LogP contribution in [0.2, 0.25) is 0 Å². The van der Waals surface area contributed by atoms with Gasteiger partial charge in [0, 0.05) is 17.1 Å². The lowest BCUT2D eigenvalue weighted by Gasteiger charge is -2.13. The fourth-order valence-corrected chi connectivity index (χ4v) is 2.18. The zero-order valence-corrected chi connectivity index (χ0v) is 12.2. The van der Waals surface area contributed by atoms with Gasteiger partial charge in [-0.3, -0.25) is 0 Å². The second-order valence-electron chi connectivity index (χ2n) is 4.36. The van der Waals surface area contributed by atoms with Crippen molar-refractivity contribution < 1.29 is 14.3 Å². The van der Waals surface area contributed by atoms with Crippen molar-refractivity contribution in [2.24, 2.45) is 0 Å². The molecule has 2 N–H and O–H groups in total. The van der Waals surface area contributed by atoms with Crippen molar-refractivity contribution in [2.45, 2.75) is 17.6 Å². The van der Waals surface area contributed by atoms with E-state index in [0.717, 1.165) is 11.4 Å². The third-order valence-corrected chi connectivity index (χ3v) is 3.47. The summed E-state index contributed by atoms with van der Waals surface area (Å²) in [5, 5.41) is 13.0. The molecule has 0 fully saturated rings. The third-order valence-electron chi connectivity index (χ3n) is 2.75. The Morgan fingerprint density at radius 3 is 3.00 bits per heavy atom. The maximum atomic E-state index is 9.84. The van der Waals surface area contributed by atoms with Crippen LogP contribution >= 0.6 is 11.8 Å². The Labute approximate surface area is 123 Å². The van der Waals surface area contributed by atoms with E-state index < -0.39 is 6.10 Å². The number of furan rings is 1. The second kappa shape index (κ2) is 7.99. The van der Waals surface area contributed by atoms with E-state index >= 15 is 0 Å². The first-order valence-electron chi connectivity index (χ1n) is 6.44. The van der Waals surface area contributed by atoms with Crippen LogP contribution in [0.15, 0.2) is 52.0 Å². The zero-order chi connectivity index (χ0) is 14.2. The summed E-state index contributed by atoms with van der Waals surface area (Å²) >= 11 is 1.69. The van der Waals surface area contributed by atoms with Crippen molar-refractivity contribution in [1.29, 1.82) is 0 Å². The smallest absolute Gasteiger partial charge is 0.129 e. The minimum atomic E-state index is -0.553. The lowest BCUT2D eigenvalue weighted by Crippen LogP contribution is -2.24. The summed E-state index contributed by atoms with van der Waals surface area (Å²) in [7, 11) is 0. The van der Waals surface area contributed by atoms with Gasteiger partial charge < -0.3 is 19.6 Å². The Morgan fingerprint density at radius 1 is 1.35 bits per heavy atom. The summed E-state index contributed by atoms with van der Waals surface area (Å²) in [6.45, 7) is 1.11. The predicted octanol–water partition coefficient (Wildman–Crippen LogP) is 2.99. The highest BCUT2D eigenvalue weighted by Crippen LogP contribution is 2.18. The van der Waals surface area contributed by atoms with Crippen LogP contribution in [0.1, 0.15) is 5.76 Å². The average molecular weight is 293 g/mol. The zero-order valence-electron chi connectivity index (χ0n) is 11.4. The number of nitrogens with one attached hydrogen (secondary N) is 1. The molecule has 1 aromatic heterocycles. The Balaban J connectivity index is 1.67. The lowest BCUT2D eigenvalue weighted by atomic mass is 10.3. The van der Waals surface area contributed by atoms with Crippen LogP contribution in [-0.2, 0) is 11.3 Å². The van der Waals surface area contributed by atoms with Gasteiger partial charge >= 0.3 is 0 Å². The van der Waals surface area contributed by atoms with Crippen LogP contribution < -0.4 is 5.32 Å². The van der Waals surface area contributed by atoms with Gasteiger partial charge in [0.1, 0.15) is 12.4 Å². The molecule has 0 spiro atoms. The number of hydrogen-bond donors (Lipinski definition) is 2. The van der Waals surface area contributed by atoms with Gasteiger partial charge in [-0.15, -0.1) is 11.8 Å². The first-order chi connectivity index (χ1) is 9.78. The van der Waals surface area contributed by atoms with Crippen molar-refractivity contribution in [2.75, 3.05) is 24.7 Å². The highest BCUT2D eigenvalue weighted by Gasteiger charge is 2.05. The number of ether oxygens (including phenoxy) is 1. The van der Waals surface area contributed by atoms with Crippen molar-refractivity contribution in [3.63, 3.8) is 0 Å². The number of hydrogen-bond acceptors (Lipinski definition) is 5. The molecule has 0 aliphatic heterocycles. The van der Waals surface area contributed by atoms with Gasteiger partial charge in [0.2, 0.25) is 0 Å². The summed E-state index contributed by atoms with van der Waals surface area (Å²) < 4.78 is 10.5. The van der Waals surface area contributed by atoms with Crippen LogP contribution in [-0.4, -0.2) is 30.6 Å². The summed E-state index contributed by atoms with van der Waals surface area (Å²) in [6.07, 6.45) is 3.09. The molecule has 1 unspecified atom stereocenters. The second-order valence-corrected chi connectivity index (χ2v) is 5.24. The maximum Gasteiger partial charge on any atom is 0.129 e. The van der Waals surface area contributed by atoms with Crippen molar-refractivity contribution in [1.82, 2.24) is 0 Å². The molecule has 2 rings (SSSR count). The molecule has 5 heteroatoms. The standard InChI is InChI=1S/C15H19NO3S/c1-20-15-6-2-4-12(8-15)16-9-13(17)10-18-11-14-5-3-7-19-14/h2-8,13,16-17H,9-11H2,1H3. The largest absolute Gasteiger partial charge is 0.467 e. The highest BCUT2D eigenvalue weighted by atomic mass is 32.2. The van der Waals surface area contributed by atoms with Crippen molar-refractivity contribution in [3.8, 4) is 0 Å². The Kier molecular flexibility index (Phi) is 5.98. The Hall–Kier alpha value is -1.43. The van der Waals surface area contributed by atoms with E-state index in [4.69, 9.17) is 9.15 Å². The fraction of sp³-hybridized carbons (Fsp3) is 0.333. The van der Waals surface area contributed by atoms with E-state index in [-0.39, 0.29) is 6.61 Å². The number of rotatable bonds is 8. The normalized spacial score (nSPS) is 12.3. The van der Waals surface area contributed by atoms with Crippen molar-refractivity contribution in [3.05, 3.63) is 48.4 Å². The molecule has 2 aromatic rings. The molecular formula is C15H19NO3S. The van der Waals surface area contributed by atoms with E-state index in [1.165, 1.54) is 4.90 Å². The molecule has 0 saturated carbocycles. The summed E-state index contributed by atoms with van der Waals surface area (Å²) in [6, 6.07) is 11.7. The number of benzene rings is 1. The van der Waals surface area contributed by atoms with Gasteiger partial charge in [-0.05, 0) is 36.6 Å². The number of anilines is 1. The van der Waals surface area contributed by atoms with Crippen LogP contribution in [0.4, 0.5) is 5.69 Å². The maximum absolute atomic E-state index is 9.84. The number of aliphatic hydroxyl groups excluding tert-OH is 1. The van der Waals surface area contributed by atoms with E-state index in [9.17, 15) is 5.11 Å². The quantitative estimate of drug-likeness (QED) is 0.733. The Morgan fingerprint density at radius 2 is 2.25 bits per heavy atom. The molecule has 0 bridgehead atoms. The molecule has 108 valence electrons. The van der Waals surface area contributed by atoms with Crippen LogP contribution in [0.5, 0.6) is 0 Å². The monoisotopic (exact) mass is 293 g/mol. The minimum Gasteiger partial charge on any atom is -0.467 e. The van der Waals surface area contributed by atoms with Crippen LogP contribution in [0.25, 0.3) is 0 Å². The number of thioether (sulfide) groups is 1. The summed E-state index contributed by atoms with van der Waals surface area (Å²) in [5.74, 6) is 0.762. The van der Waals surface area contributed by atoms with Gasteiger partial charge in [0.05, 0.1) is 19.0 Å². The molecule has 1 heterocycles. The number of aliphatic hydroxyl groups is 1. The first kappa shape index (κ1) is 15.0. The SMILES string of the molecule is CSc1cccc(NCC(O)COCc2ccco2)c1. The lowest BCUT2D eigenvalue weighted by molar-refractivity contribution is 0.0282. The summed E-state index contributed by atoms with van der Waals surface area (Å²) in [5.41, 5.74) is 1.00. The molecule has 0 saturated heterocycles. The van der Waals surface area contributed by atoms with Crippen LogP contribution in [0, 0.1) is 0 Å². The van der Waals surface area contributed by atoms with E-state index in [0.29, 0.717) is 13.2 Å². The van der Waals surface area contributed by atoms with Gasteiger partial charge in [-0.1, -0.05) is 6.07 Å². The molecule has 0 amide bonds. The molecule has 0 radical (unpaired) electrons. The van der Waals surface area contributed by atoms with Crippen LogP contribution in [0.3, 0.4) is 0 Å². The summed E-state index contributed by atoms with van der Waals surface area (Å²) in [4.78, 5) is 1.19.